The van der Waals surface area contributed by atoms with Crippen LogP contribution in [0.1, 0.15) is 11.3 Å². The SMILES string of the molecule is Cc1nc(-c2ccc(O)cc2)cnc1NC(=O)Cc1ccc(I)cc1. The smallest absolute Gasteiger partial charge is 0.229 e. The molecule has 0 aliphatic carbocycles. The van der Waals surface area contributed by atoms with Gasteiger partial charge < -0.3 is 10.4 Å². The standard InChI is InChI=1S/C19H16IN3O2/c1-12-19(23-18(25)10-13-2-6-15(20)7-3-13)21-11-17(22-12)14-4-8-16(24)9-5-14/h2-9,11,24H,10H2,1H3,(H,21,23,25). The quantitative estimate of drug-likeness (QED) is 0.597. The van der Waals surface area contributed by atoms with Crippen LogP contribution in [0.5, 0.6) is 5.75 Å². The van der Waals surface area contributed by atoms with Crippen molar-refractivity contribution in [2.24, 2.45) is 0 Å². The van der Waals surface area contributed by atoms with Crippen LogP contribution in [0.25, 0.3) is 11.3 Å². The molecule has 126 valence electrons. The van der Waals surface area contributed by atoms with Crippen molar-refractivity contribution in [2.45, 2.75) is 13.3 Å². The number of anilines is 1. The van der Waals surface area contributed by atoms with E-state index < -0.39 is 0 Å². The molecule has 1 amide bonds. The molecule has 0 unspecified atom stereocenters. The monoisotopic (exact) mass is 445 g/mol. The lowest BCUT2D eigenvalue weighted by molar-refractivity contribution is -0.115. The van der Waals surface area contributed by atoms with E-state index in [2.05, 4.69) is 37.9 Å². The third kappa shape index (κ3) is 4.54. The van der Waals surface area contributed by atoms with Gasteiger partial charge in [0.25, 0.3) is 0 Å². The maximum atomic E-state index is 12.2. The van der Waals surface area contributed by atoms with Crippen LogP contribution in [0.3, 0.4) is 0 Å². The van der Waals surface area contributed by atoms with Crippen molar-refractivity contribution < 1.29 is 9.90 Å². The highest BCUT2D eigenvalue weighted by Crippen LogP contribution is 2.21. The zero-order valence-corrected chi connectivity index (χ0v) is 15.7. The molecule has 5 nitrogen and oxygen atoms in total. The molecule has 0 saturated carbocycles. The topological polar surface area (TPSA) is 75.1 Å². The summed E-state index contributed by atoms with van der Waals surface area (Å²) in [5, 5.41) is 12.2. The molecule has 0 saturated heterocycles. The molecular formula is C19H16IN3O2. The fourth-order valence-corrected chi connectivity index (χ4v) is 2.70. The minimum Gasteiger partial charge on any atom is -0.508 e. The minimum absolute atomic E-state index is 0.129. The van der Waals surface area contributed by atoms with E-state index in [1.165, 1.54) is 0 Å². The van der Waals surface area contributed by atoms with Crippen molar-refractivity contribution >= 4 is 34.3 Å². The van der Waals surface area contributed by atoms with Crippen LogP contribution in [0.15, 0.2) is 54.7 Å². The number of phenols is 1. The molecule has 0 aliphatic rings. The first-order chi connectivity index (χ1) is 12.0. The number of amides is 1. The van der Waals surface area contributed by atoms with Crippen LogP contribution in [-0.2, 0) is 11.2 Å². The fourth-order valence-electron chi connectivity index (χ4n) is 2.34. The van der Waals surface area contributed by atoms with Crippen molar-refractivity contribution in [3.8, 4) is 17.0 Å². The third-order valence-corrected chi connectivity index (χ3v) is 4.36. The fraction of sp³-hybridized carbons (Fsp3) is 0.105. The Morgan fingerprint density at radius 3 is 2.44 bits per heavy atom. The molecule has 1 aromatic heterocycles. The molecule has 2 N–H and O–H groups in total. The van der Waals surface area contributed by atoms with Crippen molar-refractivity contribution in [1.29, 1.82) is 0 Å². The normalized spacial score (nSPS) is 10.5. The Morgan fingerprint density at radius 1 is 1.12 bits per heavy atom. The number of hydrogen-bond acceptors (Lipinski definition) is 4. The summed E-state index contributed by atoms with van der Waals surface area (Å²) in [6, 6.07) is 14.6. The van der Waals surface area contributed by atoms with E-state index in [-0.39, 0.29) is 18.1 Å². The summed E-state index contributed by atoms with van der Waals surface area (Å²) in [4.78, 5) is 21.0. The number of benzene rings is 2. The van der Waals surface area contributed by atoms with Crippen LogP contribution < -0.4 is 5.32 Å². The number of aromatic hydroxyl groups is 1. The summed E-state index contributed by atoms with van der Waals surface area (Å²) in [6.45, 7) is 1.80. The molecule has 0 spiro atoms. The average Bonchev–Trinajstić information content (AvgIpc) is 2.59. The second-order valence-electron chi connectivity index (χ2n) is 5.59. The predicted molar refractivity (Wildman–Crippen MR) is 105 cm³/mol. The summed E-state index contributed by atoms with van der Waals surface area (Å²) in [5.74, 6) is 0.530. The van der Waals surface area contributed by atoms with Crippen molar-refractivity contribution in [3.63, 3.8) is 0 Å². The largest absolute Gasteiger partial charge is 0.508 e. The van der Waals surface area contributed by atoms with Crippen molar-refractivity contribution in [2.75, 3.05) is 5.32 Å². The lowest BCUT2D eigenvalue weighted by Gasteiger charge is -2.09. The number of halogens is 1. The molecule has 3 rings (SSSR count). The third-order valence-electron chi connectivity index (χ3n) is 3.65. The lowest BCUT2D eigenvalue weighted by atomic mass is 10.1. The highest BCUT2D eigenvalue weighted by atomic mass is 127. The number of nitrogens with one attached hydrogen (secondary N) is 1. The number of aryl methyl sites for hydroxylation is 1. The summed E-state index contributed by atoms with van der Waals surface area (Å²) in [6.07, 6.45) is 1.90. The van der Waals surface area contributed by atoms with Gasteiger partial charge in [0, 0.05) is 9.13 Å². The van der Waals surface area contributed by atoms with Gasteiger partial charge in [-0.1, -0.05) is 12.1 Å². The number of rotatable bonds is 4. The molecule has 3 aromatic rings. The van der Waals surface area contributed by atoms with E-state index in [1.54, 1.807) is 37.4 Å². The molecule has 1 heterocycles. The van der Waals surface area contributed by atoms with E-state index in [1.807, 2.05) is 24.3 Å². The van der Waals surface area contributed by atoms with Crippen molar-refractivity contribution in [1.82, 2.24) is 9.97 Å². The second kappa shape index (κ2) is 7.60. The Hall–Kier alpha value is -2.48. The van der Waals surface area contributed by atoms with Gasteiger partial charge in [0.2, 0.25) is 5.91 Å². The first kappa shape index (κ1) is 17.3. The zero-order valence-electron chi connectivity index (χ0n) is 13.5. The van der Waals surface area contributed by atoms with E-state index >= 15 is 0 Å². The Morgan fingerprint density at radius 2 is 1.80 bits per heavy atom. The van der Waals surface area contributed by atoms with Crippen LogP contribution in [0, 0.1) is 10.5 Å². The summed E-state index contributed by atoms with van der Waals surface area (Å²) < 4.78 is 1.13. The molecule has 0 fully saturated rings. The van der Waals surface area contributed by atoms with Crippen LogP contribution in [-0.4, -0.2) is 21.0 Å². The van der Waals surface area contributed by atoms with Gasteiger partial charge in [0.1, 0.15) is 5.75 Å². The molecule has 0 bridgehead atoms. The Balaban J connectivity index is 1.71. The van der Waals surface area contributed by atoms with Gasteiger partial charge in [-0.05, 0) is 71.5 Å². The first-order valence-electron chi connectivity index (χ1n) is 7.68. The van der Waals surface area contributed by atoms with Gasteiger partial charge in [0.05, 0.1) is 24.0 Å². The van der Waals surface area contributed by atoms with Crippen LogP contribution in [0.4, 0.5) is 5.82 Å². The van der Waals surface area contributed by atoms with E-state index in [0.717, 1.165) is 14.7 Å². The van der Waals surface area contributed by atoms with Gasteiger partial charge in [-0.2, -0.15) is 0 Å². The highest BCUT2D eigenvalue weighted by Gasteiger charge is 2.10. The predicted octanol–water partition coefficient (Wildman–Crippen LogP) is 3.94. The number of hydrogen-bond donors (Lipinski definition) is 2. The Labute approximate surface area is 159 Å². The molecule has 0 radical (unpaired) electrons. The number of carbonyl (C=O) groups excluding carboxylic acids is 1. The Kier molecular flexibility index (Phi) is 5.28. The van der Waals surface area contributed by atoms with Crippen LogP contribution in [0.2, 0.25) is 0 Å². The van der Waals surface area contributed by atoms with Crippen LogP contribution >= 0.6 is 22.6 Å². The maximum absolute atomic E-state index is 12.2. The summed E-state index contributed by atoms with van der Waals surface area (Å²) in [5.41, 5.74) is 3.13. The molecule has 6 heteroatoms. The van der Waals surface area contributed by atoms with E-state index in [9.17, 15) is 9.90 Å². The summed E-state index contributed by atoms with van der Waals surface area (Å²) >= 11 is 2.23. The van der Waals surface area contributed by atoms with Gasteiger partial charge in [-0.25, -0.2) is 9.97 Å². The Bertz CT molecular complexity index is 894. The van der Waals surface area contributed by atoms with Gasteiger partial charge in [-0.15, -0.1) is 0 Å². The molecule has 0 atom stereocenters. The van der Waals surface area contributed by atoms with Crippen molar-refractivity contribution in [3.05, 3.63) is 69.6 Å². The van der Waals surface area contributed by atoms with E-state index in [0.29, 0.717) is 17.2 Å². The minimum atomic E-state index is -0.129. The number of phenolic OH excluding ortho intramolecular Hbond substituents is 1. The molecule has 0 aliphatic heterocycles. The van der Waals surface area contributed by atoms with Gasteiger partial charge in [-0.3, -0.25) is 4.79 Å². The van der Waals surface area contributed by atoms with Gasteiger partial charge >= 0.3 is 0 Å². The number of carbonyl (C=O) groups is 1. The molecule has 2 aromatic carbocycles. The summed E-state index contributed by atoms with van der Waals surface area (Å²) in [7, 11) is 0. The lowest BCUT2D eigenvalue weighted by Crippen LogP contribution is -2.16. The number of aromatic nitrogens is 2. The zero-order chi connectivity index (χ0) is 17.8. The van der Waals surface area contributed by atoms with E-state index in [4.69, 9.17) is 0 Å². The highest BCUT2D eigenvalue weighted by molar-refractivity contribution is 14.1. The van der Waals surface area contributed by atoms with Gasteiger partial charge in [0.15, 0.2) is 5.82 Å². The first-order valence-corrected chi connectivity index (χ1v) is 8.76. The molecular weight excluding hydrogens is 429 g/mol. The average molecular weight is 445 g/mol. The second-order valence-corrected chi connectivity index (χ2v) is 6.83. The molecule has 25 heavy (non-hydrogen) atoms. The number of nitrogens with zero attached hydrogens (tertiary/aromatic N) is 2. The maximum Gasteiger partial charge on any atom is 0.229 e.